The number of ether oxygens (including phenoxy) is 1. The van der Waals surface area contributed by atoms with Gasteiger partial charge in [-0.15, -0.1) is 0 Å². The van der Waals surface area contributed by atoms with Crippen LogP contribution in [0.15, 0.2) is 106 Å². The maximum absolute atomic E-state index is 14.0. The summed E-state index contributed by atoms with van der Waals surface area (Å²) in [6, 6.07) is 23.4. The summed E-state index contributed by atoms with van der Waals surface area (Å²) in [5, 5.41) is 1.03. The van der Waals surface area contributed by atoms with E-state index in [1.54, 1.807) is 26.0 Å². The van der Waals surface area contributed by atoms with Crippen molar-refractivity contribution in [2.45, 2.75) is 26.4 Å². The Morgan fingerprint density at radius 1 is 1.05 bits per heavy atom. The standard InChI is InChI=1S/C32H26FN3O3S/c1-3-39-31(38)28-20(2)34-32-36(29(28)22-13-15-24(33)16-14-22)30(37)27(40-32)17-23-19-35(18-21-9-5-4-6-10-21)26-12-8-7-11-25(23)26/h4-17,19,29H,3,18H2,1-2H3/b27-17+/t29-/m1/s1. The quantitative estimate of drug-likeness (QED) is 0.281. The Morgan fingerprint density at radius 2 is 1.77 bits per heavy atom. The molecule has 0 unspecified atom stereocenters. The van der Waals surface area contributed by atoms with Gasteiger partial charge in [0.05, 0.1) is 28.5 Å². The van der Waals surface area contributed by atoms with Crippen LogP contribution in [0.4, 0.5) is 4.39 Å². The molecule has 0 fully saturated rings. The van der Waals surface area contributed by atoms with E-state index in [4.69, 9.17) is 4.74 Å². The maximum Gasteiger partial charge on any atom is 0.338 e. The van der Waals surface area contributed by atoms with E-state index in [1.807, 2.05) is 42.5 Å². The molecule has 0 spiro atoms. The molecule has 0 saturated heterocycles. The minimum absolute atomic E-state index is 0.184. The largest absolute Gasteiger partial charge is 0.463 e. The Morgan fingerprint density at radius 3 is 2.52 bits per heavy atom. The number of esters is 1. The summed E-state index contributed by atoms with van der Waals surface area (Å²) in [6.45, 7) is 4.34. The van der Waals surface area contributed by atoms with Crippen LogP contribution in [0.3, 0.4) is 0 Å². The van der Waals surface area contributed by atoms with Crippen molar-refractivity contribution in [1.82, 2.24) is 9.13 Å². The number of hydrogen-bond donors (Lipinski definition) is 0. The van der Waals surface area contributed by atoms with Crippen LogP contribution < -0.4 is 14.9 Å². The van der Waals surface area contributed by atoms with Gasteiger partial charge in [-0.2, -0.15) is 0 Å². The van der Waals surface area contributed by atoms with Gasteiger partial charge in [0, 0.05) is 29.2 Å². The first-order chi connectivity index (χ1) is 19.4. The minimum Gasteiger partial charge on any atom is -0.463 e. The summed E-state index contributed by atoms with van der Waals surface area (Å²) < 4.78 is 23.3. The number of rotatable bonds is 6. The minimum atomic E-state index is -0.780. The van der Waals surface area contributed by atoms with Crippen LogP contribution in [0.1, 0.15) is 36.6 Å². The maximum atomic E-state index is 14.0. The van der Waals surface area contributed by atoms with Gasteiger partial charge in [-0.3, -0.25) is 9.36 Å². The SMILES string of the molecule is CCOC(=O)C1=C(C)N=c2s/c(=C/c3cn(Cc4ccccc4)c4ccccc34)c(=O)n2[C@@H]1c1ccc(F)cc1. The van der Waals surface area contributed by atoms with Gasteiger partial charge in [0.1, 0.15) is 5.82 Å². The molecule has 0 radical (unpaired) electrons. The van der Waals surface area contributed by atoms with E-state index in [-0.39, 0.29) is 17.7 Å². The van der Waals surface area contributed by atoms with E-state index in [9.17, 15) is 14.0 Å². The number of allylic oxidation sites excluding steroid dienone is 1. The normalized spacial score (nSPS) is 15.3. The first-order valence-corrected chi connectivity index (χ1v) is 13.8. The number of para-hydroxylation sites is 1. The molecule has 1 aliphatic rings. The number of benzene rings is 3. The van der Waals surface area contributed by atoms with Crippen LogP contribution in [0, 0.1) is 5.82 Å². The third-order valence-corrected chi connectivity index (χ3v) is 7.99. The average molecular weight is 552 g/mol. The molecule has 200 valence electrons. The predicted molar refractivity (Wildman–Crippen MR) is 154 cm³/mol. The van der Waals surface area contributed by atoms with Gasteiger partial charge < -0.3 is 9.30 Å². The molecule has 0 amide bonds. The zero-order chi connectivity index (χ0) is 27.8. The first-order valence-electron chi connectivity index (χ1n) is 13.0. The second-order valence-electron chi connectivity index (χ2n) is 9.57. The molecule has 0 aliphatic carbocycles. The fraction of sp³-hybridized carbons (Fsp3) is 0.156. The Bertz CT molecular complexity index is 1950. The van der Waals surface area contributed by atoms with Gasteiger partial charge in [0.15, 0.2) is 4.80 Å². The molecule has 40 heavy (non-hydrogen) atoms. The monoisotopic (exact) mass is 551 g/mol. The van der Waals surface area contributed by atoms with Crippen LogP contribution in [-0.2, 0) is 16.1 Å². The molecule has 0 N–H and O–H groups in total. The smallest absolute Gasteiger partial charge is 0.338 e. The highest BCUT2D eigenvalue weighted by Crippen LogP contribution is 2.31. The van der Waals surface area contributed by atoms with Crippen molar-refractivity contribution < 1.29 is 13.9 Å². The molecular weight excluding hydrogens is 525 g/mol. The number of thiazole rings is 1. The van der Waals surface area contributed by atoms with Gasteiger partial charge in [-0.1, -0.05) is 72.0 Å². The van der Waals surface area contributed by atoms with Crippen molar-refractivity contribution in [3.8, 4) is 0 Å². The van der Waals surface area contributed by atoms with E-state index < -0.39 is 17.8 Å². The lowest BCUT2D eigenvalue weighted by molar-refractivity contribution is -0.139. The van der Waals surface area contributed by atoms with Crippen molar-refractivity contribution in [2.75, 3.05) is 6.61 Å². The summed E-state index contributed by atoms with van der Waals surface area (Å²) in [6.07, 6.45) is 3.95. The van der Waals surface area contributed by atoms with E-state index in [0.29, 0.717) is 27.1 Å². The highest BCUT2D eigenvalue weighted by Gasteiger charge is 2.33. The number of carbonyl (C=O) groups excluding carboxylic acids is 1. The molecule has 1 atom stereocenters. The van der Waals surface area contributed by atoms with Crippen LogP contribution in [0.25, 0.3) is 17.0 Å². The topological polar surface area (TPSA) is 65.6 Å². The van der Waals surface area contributed by atoms with Crippen LogP contribution >= 0.6 is 11.3 Å². The van der Waals surface area contributed by atoms with Crippen molar-refractivity contribution in [1.29, 1.82) is 0 Å². The molecule has 5 aromatic rings. The summed E-state index contributed by atoms with van der Waals surface area (Å²) in [5.41, 5.74) is 4.23. The fourth-order valence-electron chi connectivity index (χ4n) is 5.19. The second-order valence-corrected chi connectivity index (χ2v) is 10.6. The summed E-state index contributed by atoms with van der Waals surface area (Å²) in [4.78, 5) is 32.1. The van der Waals surface area contributed by atoms with E-state index in [1.165, 1.54) is 33.6 Å². The summed E-state index contributed by atoms with van der Waals surface area (Å²) in [5.74, 6) is -0.947. The highest BCUT2D eigenvalue weighted by molar-refractivity contribution is 7.07. The molecule has 3 heterocycles. The van der Waals surface area contributed by atoms with Gasteiger partial charge in [-0.25, -0.2) is 14.2 Å². The van der Waals surface area contributed by atoms with Crippen molar-refractivity contribution in [2.24, 2.45) is 4.99 Å². The molecule has 6 rings (SSSR count). The van der Waals surface area contributed by atoms with E-state index in [0.717, 1.165) is 16.5 Å². The van der Waals surface area contributed by atoms with Crippen LogP contribution in [0.5, 0.6) is 0 Å². The summed E-state index contributed by atoms with van der Waals surface area (Å²) >= 11 is 1.27. The Kier molecular flexibility index (Phi) is 6.77. The second kappa shape index (κ2) is 10.5. The number of aromatic nitrogens is 2. The van der Waals surface area contributed by atoms with E-state index >= 15 is 0 Å². The predicted octanol–water partition coefficient (Wildman–Crippen LogP) is 4.94. The molecule has 1 aliphatic heterocycles. The molecule has 8 heteroatoms. The lowest BCUT2D eigenvalue weighted by atomic mass is 9.96. The van der Waals surface area contributed by atoms with Crippen molar-refractivity contribution in [3.63, 3.8) is 0 Å². The first kappa shape index (κ1) is 25.7. The average Bonchev–Trinajstić information content (AvgIpc) is 3.45. The van der Waals surface area contributed by atoms with E-state index in [2.05, 4.69) is 34.0 Å². The molecule has 6 nitrogen and oxygen atoms in total. The Labute approximate surface area is 233 Å². The fourth-order valence-corrected chi connectivity index (χ4v) is 6.23. The van der Waals surface area contributed by atoms with Gasteiger partial charge in [0.25, 0.3) is 5.56 Å². The zero-order valence-corrected chi connectivity index (χ0v) is 22.8. The van der Waals surface area contributed by atoms with Crippen molar-refractivity contribution in [3.05, 3.63) is 139 Å². The molecular formula is C32H26FN3O3S. The van der Waals surface area contributed by atoms with Crippen LogP contribution in [-0.4, -0.2) is 21.7 Å². The number of halogens is 1. The number of carbonyl (C=O) groups is 1. The Balaban J connectivity index is 1.52. The highest BCUT2D eigenvalue weighted by atomic mass is 32.1. The molecule has 2 aromatic heterocycles. The molecule has 3 aromatic carbocycles. The molecule has 0 bridgehead atoms. The third kappa shape index (κ3) is 4.60. The number of fused-ring (bicyclic) bond motifs is 2. The van der Waals surface area contributed by atoms with Gasteiger partial charge in [0.2, 0.25) is 0 Å². The van der Waals surface area contributed by atoms with Gasteiger partial charge in [-0.05, 0) is 49.2 Å². The third-order valence-electron chi connectivity index (χ3n) is 7.00. The number of hydrogen-bond acceptors (Lipinski definition) is 5. The van der Waals surface area contributed by atoms with Crippen LogP contribution in [0.2, 0.25) is 0 Å². The Hall–Kier alpha value is -4.56. The zero-order valence-electron chi connectivity index (χ0n) is 22.0. The molecule has 0 saturated carbocycles. The lowest BCUT2D eigenvalue weighted by Crippen LogP contribution is -2.39. The van der Waals surface area contributed by atoms with Gasteiger partial charge >= 0.3 is 5.97 Å². The summed E-state index contributed by atoms with van der Waals surface area (Å²) in [7, 11) is 0. The van der Waals surface area contributed by atoms with Crippen molar-refractivity contribution >= 4 is 34.3 Å². The lowest BCUT2D eigenvalue weighted by Gasteiger charge is -2.24. The number of nitrogens with zero attached hydrogens (tertiary/aromatic N) is 3.